The number of nitrogens with one attached hydrogen (secondary N) is 1. The van der Waals surface area contributed by atoms with Crippen molar-refractivity contribution in [3.63, 3.8) is 0 Å². The number of aliphatic hydroxyl groups excluding tert-OH is 2. The van der Waals surface area contributed by atoms with Crippen LogP contribution in [0.1, 0.15) is 30.0 Å². The third-order valence-electron chi connectivity index (χ3n) is 11.1. The highest BCUT2D eigenvalue weighted by atomic mass is 33.1. The van der Waals surface area contributed by atoms with Crippen molar-refractivity contribution in [2.45, 2.75) is 49.7 Å². The summed E-state index contributed by atoms with van der Waals surface area (Å²) in [5, 5.41) is 58.7. The van der Waals surface area contributed by atoms with Gasteiger partial charge in [-0.05, 0) is 71.7 Å². The monoisotopic (exact) mass is 845 g/mol. The lowest BCUT2D eigenvalue weighted by Gasteiger charge is -2.49. The Bertz CT molecular complexity index is 2110. The predicted molar refractivity (Wildman–Crippen MR) is 226 cm³/mol. The number of amides is 1. The fraction of sp³-hybridized carbons (Fsp3) is 0.372. The summed E-state index contributed by atoms with van der Waals surface area (Å²) in [6, 6.07) is 20.2. The molecule has 9 atom stereocenters. The number of nitrogens with two attached hydrogens (primary N) is 1. The zero-order chi connectivity index (χ0) is 41.7. The molecule has 2 fully saturated rings. The molecule has 7 rings (SSSR count). The molecule has 312 valence electrons. The normalized spacial score (nSPS) is 29.3. The van der Waals surface area contributed by atoms with Crippen molar-refractivity contribution in [2.24, 2.45) is 28.5 Å². The summed E-state index contributed by atoms with van der Waals surface area (Å²) >= 11 is 0. The molecule has 0 radical (unpaired) electrons. The van der Waals surface area contributed by atoms with Gasteiger partial charge in [0, 0.05) is 24.6 Å². The van der Waals surface area contributed by atoms with E-state index in [1.165, 1.54) is 53.3 Å². The van der Waals surface area contributed by atoms with E-state index in [0.29, 0.717) is 18.7 Å². The Morgan fingerprint density at radius 3 is 2.59 bits per heavy atom. The topological polar surface area (TPSA) is 223 Å². The summed E-state index contributed by atoms with van der Waals surface area (Å²) in [5.74, 6) is -1.57. The van der Waals surface area contributed by atoms with Gasteiger partial charge in [0.1, 0.15) is 41.2 Å². The molecule has 4 aliphatic heterocycles. The maximum absolute atomic E-state index is 12.6. The molecule has 0 bridgehead atoms. The number of nitrogens with zero attached hydrogens (tertiary/aromatic N) is 1. The summed E-state index contributed by atoms with van der Waals surface area (Å²) < 4.78 is 24.2. The lowest BCUT2D eigenvalue weighted by molar-refractivity contribution is -0.316. The van der Waals surface area contributed by atoms with Crippen molar-refractivity contribution in [3.05, 3.63) is 107 Å². The number of aromatic hydroxyl groups is 1. The van der Waals surface area contributed by atoms with Gasteiger partial charge in [0.15, 0.2) is 11.7 Å². The van der Waals surface area contributed by atoms with E-state index in [0.717, 1.165) is 23.3 Å². The first kappa shape index (κ1) is 42.3. The van der Waals surface area contributed by atoms with E-state index in [1.807, 2.05) is 36.5 Å². The number of rotatable bonds is 10. The SMILES string of the molecule is C[C@H](C/C=C\c1ccccc1)[C@H]1CNC[C@]2(O)[C@H](Oc3ccc4c(c3)OC(C(N)=O)C(c3ccc(O)cc3)=C4O)O[C@H](C(=O)O)[C@@H](O)[C@@H]2OCSSC[C@@H]1C1=CCN=C1. The number of phenols is 1. The van der Waals surface area contributed by atoms with E-state index in [1.54, 1.807) is 10.8 Å². The van der Waals surface area contributed by atoms with Crippen molar-refractivity contribution in [3.8, 4) is 17.2 Å². The molecule has 4 aliphatic rings. The Morgan fingerprint density at radius 1 is 1.10 bits per heavy atom. The first-order valence-corrected chi connectivity index (χ1v) is 21.7. The minimum Gasteiger partial charge on any atom is -0.508 e. The molecular weight excluding hydrogens is 799 g/mol. The van der Waals surface area contributed by atoms with Crippen LogP contribution in [0.4, 0.5) is 0 Å². The highest BCUT2D eigenvalue weighted by Crippen LogP contribution is 2.43. The van der Waals surface area contributed by atoms with Crippen LogP contribution in [0.15, 0.2) is 95.5 Å². The Morgan fingerprint density at radius 2 is 1.88 bits per heavy atom. The number of hydrogen-bond acceptors (Lipinski definition) is 14. The Kier molecular flexibility index (Phi) is 13.4. The lowest BCUT2D eigenvalue weighted by atomic mass is 9.77. The largest absolute Gasteiger partial charge is 0.508 e. The van der Waals surface area contributed by atoms with Gasteiger partial charge in [-0.25, -0.2) is 4.79 Å². The van der Waals surface area contributed by atoms with Gasteiger partial charge in [-0.3, -0.25) is 9.79 Å². The maximum Gasteiger partial charge on any atom is 0.335 e. The zero-order valence-electron chi connectivity index (χ0n) is 32.1. The van der Waals surface area contributed by atoms with E-state index in [-0.39, 0.29) is 64.4 Å². The van der Waals surface area contributed by atoms with Crippen molar-refractivity contribution in [1.82, 2.24) is 5.32 Å². The number of aliphatic carboxylic acids is 1. The smallest absolute Gasteiger partial charge is 0.335 e. The number of carbonyl (C=O) groups excluding carboxylic acids is 1. The molecule has 8 N–H and O–H groups in total. The predicted octanol–water partition coefficient (Wildman–Crippen LogP) is 4.66. The summed E-state index contributed by atoms with van der Waals surface area (Å²) in [6.45, 7) is 3.01. The van der Waals surface area contributed by atoms with Gasteiger partial charge in [0.05, 0.1) is 17.7 Å². The van der Waals surface area contributed by atoms with E-state index in [2.05, 4.69) is 35.5 Å². The number of aliphatic hydroxyl groups is 3. The van der Waals surface area contributed by atoms with Crippen molar-refractivity contribution in [2.75, 3.05) is 31.3 Å². The van der Waals surface area contributed by atoms with Gasteiger partial charge in [0.2, 0.25) is 12.4 Å². The maximum atomic E-state index is 12.6. The van der Waals surface area contributed by atoms with Gasteiger partial charge in [-0.15, -0.1) is 0 Å². The number of carboxylic acid groups (broad SMARTS) is 1. The molecule has 0 saturated carbocycles. The molecule has 2 saturated heterocycles. The van der Waals surface area contributed by atoms with Crippen LogP contribution >= 0.6 is 21.6 Å². The molecule has 0 aliphatic carbocycles. The fourth-order valence-electron chi connectivity index (χ4n) is 7.93. The summed E-state index contributed by atoms with van der Waals surface area (Å²) in [5.41, 5.74) is 6.49. The second kappa shape index (κ2) is 18.6. The Hall–Kier alpha value is -4.81. The molecule has 4 heterocycles. The molecule has 59 heavy (non-hydrogen) atoms. The number of benzene rings is 3. The quantitative estimate of drug-likeness (QED) is 0.138. The van der Waals surface area contributed by atoms with Crippen LogP contribution in [0, 0.1) is 17.8 Å². The molecular formula is C43H47N3O11S2. The zero-order valence-corrected chi connectivity index (χ0v) is 33.8. The molecule has 14 nitrogen and oxygen atoms in total. The van der Waals surface area contributed by atoms with Gasteiger partial charge in [-0.1, -0.05) is 89.2 Å². The van der Waals surface area contributed by atoms with E-state index >= 15 is 0 Å². The minimum atomic E-state index is -2.15. The number of β-amino-alcohol motifs (C(OH)–C–C–N with tert-alkyl or cyclic N) is 1. The van der Waals surface area contributed by atoms with Gasteiger partial charge < -0.3 is 55.5 Å². The lowest BCUT2D eigenvalue weighted by Crippen LogP contribution is -2.72. The number of hydrogen-bond donors (Lipinski definition) is 7. The summed E-state index contributed by atoms with van der Waals surface area (Å²) in [7, 11) is 2.98. The van der Waals surface area contributed by atoms with Crippen LogP contribution in [0.3, 0.4) is 0 Å². The van der Waals surface area contributed by atoms with Gasteiger partial charge in [0.25, 0.3) is 5.91 Å². The van der Waals surface area contributed by atoms with Gasteiger partial charge >= 0.3 is 5.97 Å². The van der Waals surface area contributed by atoms with Gasteiger partial charge in [-0.2, -0.15) is 0 Å². The van der Waals surface area contributed by atoms with Crippen LogP contribution in [0.5, 0.6) is 17.2 Å². The van der Waals surface area contributed by atoms with E-state index in [9.17, 15) is 35.1 Å². The average molecular weight is 846 g/mol. The van der Waals surface area contributed by atoms with E-state index in [4.69, 9.17) is 24.7 Å². The third-order valence-corrected chi connectivity index (χ3v) is 13.2. The van der Waals surface area contributed by atoms with Crippen LogP contribution in [0.25, 0.3) is 17.4 Å². The highest BCUT2D eigenvalue weighted by Gasteiger charge is 2.59. The second-order valence-electron chi connectivity index (χ2n) is 14.9. The van der Waals surface area contributed by atoms with Crippen LogP contribution in [-0.2, 0) is 19.1 Å². The summed E-state index contributed by atoms with van der Waals surface area (Å²) in [6.07, 6.45) is 0.916. The van der Waals surface area contributed by atoms with Crippen LogP contribution in [0.2, 0.25) is 0 Å². The number of primary amides is 1. The van der Waals surface area contributed by atoms with Crippen molar-refractivity contribution >= 4 is 57.1 Å². The molecule has 0 aromatic heterocycles. The number of phenolic OH excluding ortho intramolecular Hbond substituents is 1. The highest BCUT2D eigenvalue weighted by molar-refractivity contribution is 8.76. The number of ether oxygens (including phenoxy) is 4. The number of aliphatic imine (C=N–C) groups is 1. The van der Waals surface area contributed by atoms with Crippen LogP contribution < -0.4 is 20.5 Å². The molecule has 16 heteroatoms. The number of carbonyl (C=O) groups is 2. The van der Waals surface area contributed by atoms with Crippen molar-refractivity contribution < 1.29 is 54.1 Å². The van der Waals surface area contributed by atoms with Crippen LogP contribution in [-0.4, -0.2) is 111 Å². The fourth-order valence-corrected chi connectivity index (χ4v) is 9.99. The summed E-state index contributed by atoms with van der Waals surface area (Å²) in [4.78, 5) is 29.5. The van der Waals surface area contributed by atoms with E-state index < -0.39 is 48.2 Å². The molecule has 3 aromatic carbocycles. The second-order valence-corrected chi connectivity index (χ2v) is 17.4. The number of carboxylic acids is 1. The molecule has 3 aromatic rings. The van der Waals surface area contributed by atoms with Crippen molar-refractivity contribution in [1.29, 1.82) is 0 Å². The molecule has 1 amide bonds. The number of allylic oxidation sites excluding steroid dienone is 2. The Balaban J connectivity index is 1.18. The first-order valence-electron chi connectivity index (χ1n) is 19.2. The number of fused-ring (bicyclic) bond motifs is 2. The molecule has 0 spiro atoms. The molecule has 1 unspecified atom stereocenters. The standard InChI is InChI=1S/C43H47N3O11S2/c1-24(6-5-9-25-7-3-2-4-8-25)31-20-46-22-43(53)39(54-23-59-58-21-32(31)27-16-17-45-19-27)36(49)38(41(51)52)57-42(43)55-29-14-15-30-33(18-29)56-37(40(44)50)34(35(30)48)26-10-12-28(47)13-11-26/h2-5,7-16,18-19,24,31-32,36-39,42,46-49,53H,6,17,20-23H2,1H3,(H2,44,50)(H,51,52)/b9-5-/t24-,31-,32-,36-,37?,38+,39+,42-,43-/m1/s1. The average Bonchev–Trinajstić information content (AvgIpc) is 3.75. The first-order chi connectivity index (χ1) is 28.4. The minimum absolute atomic E-state index is 0.00379. The third kappa shape index (κ3) is 9.34. The Labute approximate surface area is 349 Å².